The van der Waals surface area contributed by atoms with Gasteiger partial charge in [0.2, 0.25) is 5.91 Å². The highest BCUT2D eigenvalue weighted by molar-refractivity contribution is 9.10. The third kappa shape index (κ3) is 3.31. The van der Waals surface area contributed by atoms with E-state index >= 15 is 0 Å². The van der Waals surface area contributed by atoms with Gasteiger partial charge in [-0.2, -0.15) is 0 Å². The normalized spacial score (nSPS) is 10.6. The molecule has 0 fully saturated rings. The van der Waals surface area contributed by atoms with E-state index in [-0.39, 0.29) is 5.91 Å². The van der Waals surface area contributed by atoms with Crippen molar-refractivity contribution in [3.8, 4) is 0 Å². The molecule has 3 N–H and O–H groups in total. The predicted octanol–water partition coefficient (Wildman–Crippen LogP) is 3.28. The Hall–Kier alpha value is -1.39. The number of hydrogen-bond donors (Lipinski definition) is 2. The standard InChI is InChI=1S/C14H15BrN2O/c15-12-5-3-11-9-13(6-4-10(11)8-12)17-14(18)2-1-7-16/h3-6,8-9H,1-2,7,16H2,(H,17,18). The van der Waals surface area contributed by atoms with E-state index in [1.165, 1.54) is 0 Å². The third-order valence-corrected chi connectivity index (χ3v) is 3.19. The SMILES string of the molecule is NCCCC(=O)Nc1ccc2cc(Br)ccc2c1. The van der Waals surface area contributed by atoms with Crippen LogP contribution >= 0.6 is 15.9 Å². The number of hydrogen-bond acceptors (Lipinski definition) is 2. The van der Waals surface area contributed by atoms with Gasteiger partial charge in [-0.15, -0.1) is 0 Å². The lowest BCUT2D eigenvalue weighted by atomic mass is 10.1. The fourth-order valence-electron chi connectivity index (χ4n) is 1.78. The molecule has 0 saturated carbocycles. The van der Waals surface area contributed by atoms with Crippen LogP contribution in [-0.4, -0.2) is 12.5 Å². The summed E-state index contributed by atoms with van der Waals surface area (Å²) in [5.74, 6) is 0.0110. The van der Waals surface area contributed by atoms with E-state index in [0.717, 1.165) is 20.9 Å². The number of nitrogens with one attached hydrogen (secondary N) is 1. The molecule has 0 radical (unpaired) electrons. The molecule has 0 heterocycles. The van der Waals surface area contributed by atoms with Crippen molar-refractivity contribution in [1.82, 2.24) is 0 Å². The topological polar surface area (TPSA) is 55.1 Å². The number of benzene rings is 2. The highest BCUT2D eigenvalue weighted by Gasteiger charge is 2.02. The van der Waals surface area contributed by atoms with E-state index < -0.39 is 0 Å². The van der Waals surface area contributed by atoms with Crippen molar-refractivity contribution >= 4 is 38.3 Å². The number of carbonyl (C=O) groups excluding carboxylic acids is 1. The van der Waals surface area contributed by atoms with Crippen molar-refractivity contribution in [3.05, 3.63) is 40.9 Å². The molecule has 3 nitrogen and oxygen atoms in total. The Morgan fingerprint density at radius 1 is 1.17 bits per heavy atom. The van der Waals surface area contributed by atoms with Gasteiger partial charge in [0.15, 0.2) is 0 Å². The van der Waals surface area contributed by atoms with Gasteiger partial charge >= 0.3 is 0 Å². The molecule has 2 aromatic carbocycles. The van der Waals surface area contributed by atoms with Crippen molar-refractivity contribution in [1.29, 1.82) is 0 Å². The van der Waals surface area contributed by atoms with E-state index in [1.807, 2.05) is 30.3 Å². The number of fused-ring (bicyclic) bond motifs is 1. The molecular formula is C14H15BrN2O. The lowest BCUT2D eigenvalue weighted by Crippen LogP contribution is -2.13. The number of amides is 1. The Bertz CT molecular complexity index is 569. The van der Waals surface area contributed by atoms with Crippen LogP contribution in [0, 0.1) is 0 Å². The summed E-state index contributed by atoms with van der Waals surface area (Å²) in [6, 6.07) is 11.9. The maximum absolute atomic E-state index is 11.6. The minimum absolute atomic E-state index is 0.0110. The molecule has 0 aliphatic rings. The van der Waals surface area contributed by atoms with Crippen LogP contribution in [0.5, 0.6) is 0 Å². The first-order valence-electron chi connectivity index (χ1n) is 5.88. The Labute approximate surface area is 114 Å². The van der Waals surface area contributed by atoms with E-state index in [0.29, 0.717) is 19.4 Å². The smallest absolute Gasteiger partial charge is 0.224 e. The molecule has 0 aliphatic carbocycles. The number of nitrogens with two attached hydrogens (primary N) is 1. The van der Waals surface area contributed by atoms with Gasteiger partial charge in [-0.3, -0.25) is 4.79 Å². The Morgan fingerprint density at radius 2 is 1.89 bits per heavy atom. The van der Waals surface area contributed by atoms with E-state index in [9.17, 15) is 4.79 Å². The molecule has 2 rings (SSSR count). The zero-order chi connectivity index (χ0) is 13.0. The molecule has 4 heteroatoms. The largest absolute Gasteiger partial charge is 0.330 e. The highest BCUT2D eigenvalue weighted by Crippen LogP contribution is 2.23. The van der Waals surface area contributed by atoms with Gasteiger partial charge in [-0.05, 0) is 48.0 Å². The summed E-state index contributed by atoms with van der Waals surface area (Å²) in [5, 5.41) is 5.13. The first-order valence-corrected chi connectivity index (χ1v) is 6.67. The molecule has 0 aromatic heterocycles. The van der Waals surface area contributed by atoms with Crippen LogP contribution in [0.3, 0.4) is 0 Å². The zero-order valence-electron chi connectivity index (χ0n) is 9.95. The first kappa shape index (κ1) is 13.1. The summed E-state index contributed by atoms with van der Waals surface area (Å²) in [6.45, 7) is 0.541. The summed E-state index contributed by atoms with van der Waals surface area (Å²) in [7, 11) is 0. The molecule has 0 bridgehead atoms. The van der Waals surface area contributed by atoms with Crippen molar-refractivity contribution in [2.45, 2.75) is 12.8 Å². The van der Waals surface area contributed by atoms with Crippen LogP contribution in [0.2, 0.25) is 0 Å². The van der Waals surface area contributed by atoms with Gasteiger partial charge in [0.1, 0.15) is 0 Å². The first-order chi connectivity index (χ1) is 8.69. The molecule has 94 valence electrons. The average molecular weight is 307 g/mol. The second-order valence-corrected chi connectivity index (χ2v) is 5.06. The molecule has 0 spiro atoms. The summed E-state index contributed by atoms with van der Waals surface area (Å²) in [6.07, 6.45) is 1.18. The lowest BCUT2D eigenvalue weighted by Gasteiger charge is -2.06. The van der Waals surface area contributed by atoms with Crippen LogP contribution in [0.15, 0.2) is 40.9 Å². The monoisotopic (exact) mass is 306 g/mol. The summed E-state index contributed by atoms with van der Waals surface area (Å²) >= 11 is 3.44. The number of halogens is 1. The minimum Gasteiger partial charge on any atom is -0.330 e. The van der Waals surface area contributed by atoms with Gasteiger partial charge in [0.25, 0.3) is 0 Å². The molecule has 18 heavy (non-hydrogen) atoms. The number of rotatable bonds is 4. The fraction of sp³-hybridized carbons (Fsp3) is 0.214. The molecule has 0 atom stereocenters. The van der Waals surface area contributed by atoms with Crippen molar-refractivity contribution in [2.75, 3.05) is 11.9 Å². The van der Waals surface area contributed by atoms with Gasteiger partial charge in [0.05, 0.1) is 0 Å². The van der Waals surface area contributed by atoms with Crippen LogP contribution in [0.1, 0.15) is 12.8 Å². The third-order valence-electron chi connectivity index (χ3n) is 2.69. The van der Waals surface area contributed by atoms with Gasteiger partial charge < -0.3 is 11.1 Å². The van der Waals surface area contributed by atoms with Crippen molar-refractivity contribution in [3.63, 3.8) is 0 Å². The Kier molecular flexibility index (Phi) is 4.33. The summed E-state index contributed by atoms with van der Waals surface area (Å²) in [4.78, 5) is 11.6. The maximum atomic E-state index is 11.6. The molecule has 0 saturated heterocycles. The fourth-order valence-corrected chi connectivity index (χ4v) is 2.16. The molecule has 2 aromatic rings. The van der Waals surface area contributed by atoms with Gasteiger partial charge in [-0.1, -0.05) is 28.1 Å². The van der Waals surface area contributed by atoms with E-state index in [1.54, 1.807) is 0 Å². The van der Waals surface area contributed by atoms with Crippen molar-refractivity contribution in [2.24, 2.45) is 5.73 Å². The zero-order valence-corrected chi connectivity index (χ0v) is 11.5. The highest BCUT2D eigenvalue weighted by atomic mass is 79.9. The Balaban J connectivity index is 2.15. The van der Waals surface area contributed by atoms with E-state index in [4.69, 9.17) is 5.73 Å². The van der Waals surface area contributed by atoms with Crippen molar-refractivity contribution < 1.29 is 4.79 Å². The molecule has 0 unspecified atom stereocenters. The van der Waals surface area contributed by atoms with Gasteiger partial charge in [-0.25, -0.2) is 0 Å². The van der Waals surface area contributed by atoms with Crippen LogP contribution < -0.4 is 11.1 Å². The predicted molar refractivity (Wildman–Crippen MR) is 78.6 cm³/mol. The lowest BCUT2D eigenvalue weighted by molar-refractivity contribution is -0.116. The van der Waals surface area contributed by atoms with Crippen LogP contribution in [0.4, 0.5) is 5.69 Å². The molecule has 1 amide bonds. The quantitative estimate of drug-likeness (QED) is 0.911. The van der Waals surface area contributed by atoms with Crippen LogP contribution in [-0.2, 0) is 4.79 Å². The molecular weight excluding hydrogens is 292 g/mol. The molecule has 0 aliphatic heterocycles. The maximum Gasteiger partial charge on any atom is 0.224 e. The minimum atomic E-state index is 0.0110. The second kappa shape index (κ2) is 5.98. The van der Waals surface area contributed by atoms with Gasteiger partial charge in [0, 0.05) is 16.6 Å². The summed E-state index contributed by atoms with van der Waals surface area (Å²) < 4.78 is 1.05. The van der Waals surface area contributed by atoms with E-state index in [2.05, 4.69) is 27.3 Å². The Morgan fingerprint density at radius 3 is 2.67 bits per heavy atom. The average Bonchev–Trinajstić information content (AvgIpc) is 2.36. The number of anilines is 1. The summed E-state index contributed by atoms with van der Waals surface area (Å²) in [5.41, 5.74) is 6.20. The number of carbonyl (C=O) groups is 1. The second-order valence-electron chi connectivity index (χ2n) is 4.15. The van der Waals surface area contributed by atoms with Crippen LogP contribution in [0.25, 0.3) is 10.8 Å².